The smallest absolute Gasteiger partial charge is 0.264 e. The molecule has 0 fully saturated rings. The lowest BCUT2D eigenvalue weighted by Gasteiger charge is -2.09. The van der Waals surface area contributed by atoms with Crippen LogP contribution in [0.4, 0.5) is 0 Å². The zero-order valence-electron chi connectivity index (χ0n) is 12.1. The number of benzene rings is 1. The van der Waals surface area contributed by atoms with E-state index in [0.29, 0.717) is 11.1 Å². The molecule has 0 aromatic heterocycles. The summed E-state index contributed by atoms with van der Waals surface area (Å²) in [6.07, 6.45) is 4.56. The maximum Gasteiger partial charge on any atom is 0.264 e. The molecule has 0 aliphatic rings. The highest BCUT2D eigenvalue weighted by Gasteiger charge is 2.19. The number of rotatable bonds is 6. The molecule has 1 aromatic carbocycles. The van der Waals surface area contributed by atoms with E-state index in [-0.39, 0.29) is 4.90 Å². The Morgan fingerprint density at radius 3 is 2.55 bits per heavy atom. The Kier molecular flexibility index (Phi) is 5.95. The Bertz CT molecular complexity index is 603. The largest absolute Gasteiger partial charge is 0.269 e. The molecule has 0 heterocycles. The first-order valence-corrected chi connectivity index (χ1v) is 8.16. The number of unbranched alkanes of at least 4 members (excludes halogenated alkanes) is 2. The molecule has 0 unspecified atom stereocenters. The van der Waals surface area contributed by atoms with Crippen molar-refractivity contribution in [3.63, 3.8) is 0 Å². The van der Waals surface area contributed by atoms with Crippen LogP contribution < -0.4 is 4.72 Å². The summed E-state index contributed by atoms with van der Waals surface area (Å²) in [4.78, 5) is 12.0. The van der Waals surface area contributed by atoms with Crippen LogP contribution in [0.5, 0.6) is 0 Å². The van der Waals surface area contributed by atoms with Gasteiger partial charge in [-0.2, -0.15) is 0 Å². The van der Waals surface area contributed by atoms with Crippen molar-refractivity contribution >= 4 is 15.9 Å². The molecule has 5 heteroatoms. The lowest BCUT2D eigenvalue weighted by molar-refractivity contribution is -0.115. The van der Waals surface area contributed by atoms with Crippen molar-refractivity contribution in [3.05, 3.63) is 41.5 Å². The van der Waals surface area contributed by atoms with Crippen molar-refractivity contribution in [3.8, 4) is 0 Å². The Morgan fingerprint density at radius 1 is 1.30 bits per heavy atom. The number of hydrogen-bond acceptors (Lipinski definition) is 3. The van der Waals surface area contributed by atoms with Crippen LogP contribution in [0.15, 0.2) is 40.8 Å². The molecule has 1 amide bonds. The molecular weight excluding hydrogens is 274 g/mol. The van der Waals surface area contributed by atoms with Gasteiger partial charge in [-0.1, -0.05) is 44.0 Å². The van der Waals surface area contributed by atoms with Crippen molar-refractivity contribution in [1.82, 2.24) is 4.72 Å². The normalized spacial score (nSPS) is 12.2. The van der Waals surface area contributed by atoms with Crippen LogP contribution in [0.2, 0.25) is 0 Å². The maximum absolute atomic E-state index is 12.1. The molecule has 0 atom stereocenters. The zero-order chi connectivity index (χ0) is 15.2. The second kappa shape index (κ2) is 7.24. The number of amides is 1. The lowest BCUT2D eigenvalue weighted by atomic mass is 10.2. The third-order valence-corrected chi connectivity index (χ3v) is 4.47. The monoisotopic (exact) mass is 295 g/mol. The molecule has 4 nitrogen and oxygen atoms in total. The van der Waals surface area contributed by atoms with Gasteiger partial charge in [-0.15, -0.1) is 0 Å². The summed E-state index contributed by atoms with van der Waals surface area (Å²) in [6.45, 7) is 5.38. The van der Waals surface area contributed by atoms with E-state index >= 15 is 0 Å². The summed E-state index contributed by atoms with van der Waals surface area (Å²) in [5.41, 5.74) is 1.04. The topological polar surface area (TPSA) is 63.2 Å². The van der Waals surface area contributed by atoms with Gasteiger partial charge >= 0.3 is 0 Å². The molecule has 1 aromatic rings. The van der Waals surface area contributed by atoms with Gasteiger partial charge in [0, 0.05) is 5.57 Å². The number of carbonyl (C=O) groups is 1. The molecule has 0 aliphatic heterocycles. The fourth-order valence-electron chi connectivity index (χ4n) is 1.73. The average Bonchev–Trinajstić information content (AvgIpc) is 2.38. The molecular formula is C15H21NO3S. The van der Waals surface area contributed by atoms with Gasteiger partial charge in [0.2, 0.25) is 0 Å². The number of sulfonamides is 1. The highest BCUT2D eigenvalue weighted by atomic mass is 32.2. The summed E-state index contributed by atoms with van der Waals surface area (Å²) in [5, 5.41) is 0. The molecule has 0 radical (unpaired) electrons. The minimum atomic E-state index is -3.81. The van der Waals surface area contributed by atoms with Crippen molar-refractivity contribution in [1.29, 1.82) is 0 Å². The van der Waals surface area contributed by atoms with Crippen LogP contribution in [0, 0.1) is 6.92 Å². The minimum Gasteiger partial charge on any atom is -0.269 e. The summed E-state index contributed by atoms with van der Waals surface area (Å²) in [5.74, 6) is -0.565. The third-order valence-electron chi connectivity index (χ3n) is 2.98. The predicted molar refractivity (Wildman–Crippen MR) is 79.8 cm³/mol. The van der Waals surface area contributed by atoms with Crippen molar-refractivity contribution in [2.45, 2.75) is 44.9 Å². The highest BCUT2D eigenvalue weighted by Crippen LogP contribution is 2.14. The fourth-order valence-corrected chi connectivity index (χ4v) is 3.00. The molecule has 110 valence electrons. The number of nitrogens with one attached hydrogen (secondary N) is 1. The number of carbonyl (C=O) groups excluding carboxylic acids is 1. The standard InChI is InChI=1S/C15H21NO3S/c1-4-5-6-10-13(3)15(17)16-20(18,19)14-11-8-7-9-12(14)2/h7-11H,4-6H2,1-3H3,(H,16,17). The van der Waals surface area contributed by atoms with Gasteiger partial charge in [0.25, 0.3) is 15.9 Å². The Hall–Kier alpha value is -1.62. The number of aryl methyl sites for hydroxylation is 1. The van der Waals surface area contributed by atoms with E-state index in [9.17, 15) is 13.2 Å². The second-order valence-corrected chi connectivity index (χ2v) is 6.38. The van der Waals surface area contributed by atoms with Gasteiger partial charge in [-0.25, -0.2) is 13.1 Å². The lowest BCUT2D eigenvalue weighted by Crippen LogP contribution is -2.31. The van der Waals surface area contributed by atoms with Crippen molar-refractivity contribution < 1.29 is 13.2 Å². The first-order valence-electron chi connectivity index (χ1n) is 6.68. The van der Waals surface area contributed by atoms with Crippen LogP contribution in [-0.4, -0.2) is 14.3 Å². The molecule has 0 saturated carbocycles. The minimum absolute atomic E-state index is 0.134. The molecule has 0 bridgehead atoms. The van der Waals surface area contributed by atoms with E-state index in [4.69, 9.17) is 0 Å². The van der Waals surface area contributed by atoms with E-state index < -0.39 is 15.9 Å². The van der Waals surface area contributed by atoms with E-state index in [1.807, 2.05) is 0 Å². The highest BCUT2D eigenvalue weighted by molar-refractivity contribution is 7.90. The van der Waals surface area contributed by atoms with Crippen LogP contribution in [0.3, 0.4) is 0 Å². The quantitative estimate of drug-likeness (QED) is 0.648. The van der Waals surface area contributed by atoms with Gasteiger partial charge in [-0.05, 0) is 31.9 Å². The van der Waals surface area contributed by atoms with Gasteiger partial charge in [0.05, 0.1) is 4.90 Å². The van der Waals surface area contributed by atoms with Gasteiger partial charge < -0.3 is 0 Å². The average molecular weight is 295 g/mol. The fraction of sp³-hybridized carbons (Fsp3) is 0.400. The molecule has 1 rings (SSSR count). The predicted octanol–water partition coefficient (Wildman–Crippen LogP) is 2.94. The summed E-state index contributed by atoms with van der Waals surface area (Å²) >= 11 is 0. The zero-order valence-corrected chi connectivity index (χ0v) is 13.0. The summed E-state index contributed by atoms with van der Waals surface area (Å²) in [6, 6.07) is 6.58. The summed E-state index contributed by atoms with van der Waals surface area (Å²) in [7, 11) is -3.81. The van der Waals surface area contributed by atoms with E-state index in [1.165, 1.54) is 6.07 Å². The van der Waals surface area contributed by atoms with Gasteiger partial charge in [0.15, 0.2) is 0 Å². The van der Waals surface area contributed by atoms with Crippen molar-refractivity contribution in [2.24, 2.45) is 0 Å². The Balaban J connectivity index is 2.84. The first kappa shape index (κ1) is 16.4. The molecule has 1 N–H and O–H groups in total. The van der Waals surface area contributed by atoms with Gasteiger partial charge in [-0.3, -0.25) is 4.79 Å². The Labute approximate surface area is 120 Å². The van der Waals surface area contributed by atoms with Crippen LogP contribution >= 0.6 is 0 Å². The summed E-state index contributed by atoms with van der Waals surface area (Å²) < 4.78 is 26.4. The number of allylic oxidation sites excluding steroid dienone is 1. The SMILES string of the molecule is CCCCC=C(C)C(=O)NS(=O)(=O)c1ccccc1C. The second-order valence-electron chi connectivity index (χ2n) is 4.73. The molecule has 0 aliphatic carbocycles. The molecule has 20 heavy (non-hydrogen) atoms. The van der Waals surface area contributed by atoms with Crippen molar-refractivity contribution in [2.75, 3.05) is 0 Å². The third kappa shape index (κ3) is 4.49. The molecule has 0 saturated heterocycles. The van der Waals surface area contributed by atoms with Gasteiger partial charge in [0.1, 0.15) is 0 Å². The maximum atomic E-state index is 12.1. The van der Waals surface area contributed by atoms with E-state index in [1.54, 1.807) is 38.1 Å². The van der Waals surface area contributed by atoms with E-state index in [2.05, 4.69) is 11.6 Å². The first-order chi connectivity index (χ1) is 9.38. The van der Waals surface area contributed by atoms with Crippen LogP contribution in [0.25, 0.3) is 0 Å². The van der Waals surface area contributed by atoms with E-state index in [0.717, 1.165) is 19.3 Å². The van der Waals surface area contributed by atoms with Crippen LogP contribution in [0.1, 0.15) is 38.7 Å². The number of hydrogen-bond donors (Lipinski definition) is 1. The van der Waals surface area contributed by atoms with Crippen LogP contribution in [-0.2, 0) is 14.8 Å². The Morgan fingerprint density at radius 2 is 1.95 bits per heavy atom. The molecule has 0 spiro atoms.